The fourth-order valence-electron chi connectivity index (χ4n) is 2.50. The SMILES string of the molecule is OC1(c2cc(OCc3ccccc3)cc(Br)n2)CCOCC1. The summed E-state index contributed by atoms with van der Waals surface area (Å²) in [6.45, 7) is 1.58. The van der Waals surface area contributed by atoms with Gasteiger partial charge in [0.15, 0.2) is 0 Å². The van der Waals surface area contributed by atoms with Crippen LogP contribution in [0.3, 0.4) is 0 Å². The Morgan fingerprint density at radius 3 is 2.64 bits per heavy atom. The number of pyridine rings is 1. The molecule has 0 amide bonds. The summed E-state index contributed by atoms with van der Waals surface area (Å²) in [5.41, 5.74) is 0.794. The Balaban J connectivity index is 1.77. The molecule has 0 unspecified atom stereocenters. The average Bonchev–Trinajstić information content (AvgIpc) is 2.54. The van der Waals surface area contributed by atoms with Gasteiger partial charge in [0.1, 0.15) is 22.6 Å². The second-order valence-electron chi connectivity index (χ2n) is 5.43. The van der Waals surface area contributed by atoms with Crippen LogP contribution < -0.4 is 4.74 Å². The maximum atomic E-state index is 10.8. The first-order chi connectivity index (χ1) is 10.7. The second-order valence-corrected chi connectivity index (χ2v) is 6.24. The lowest BCUT2D eigenvalue weighted by atomic mass is 9.90. The highest BCUT2D eigenvalue weighted by Gasteiger charge is 2.33. The van der Waals surface area contributed by atoms with Gasteiger partial charge >= 0.3 is 0 Å². The van der Waals surface area contributed by atoms with Crippen LogP contribution in [0.1, 0.15) is 24.1 Å². The molecule has 1 N–H and O–H groups in total. The van der Waals surface area contributed by atoms with Gasteiger partial charge < -0.3 is 14.6 Å². The van der Waals surface area contributed by atoms with E-state index in [1.165, 1.54) is 0 Å². The summed E-state index contributed by atoms with van der Waals surface area (Å²) in [6, 6.07) is 13.6. The highest BCUT2D eigenvalue weighted by Crippen LogP contribution is 2.33. The van der Waals surface area contributed by atoms with E-state index >= 15 is 0 Å². The van der Waals surface area contributed by atoms with Crippen LogP contribution in [0.2, 0.25) is 0 Å². The van der Waals surface area contributed by atoms with Crippen molar-refractivity contribution in [3.05, 3.63) is 58.3 Å². The molecule has 0 radical (unpaired) electrons. The molecule has 22 heavy (non-hydrogen) atoms. The standard InChI is InChI=1S/C17H18BrNO3/c18-16-11-14(22-12-13-4-2-1-3-5-13)10-15(19-16)17(20)6-8-21-9-7-17/h1-5,10-11,20H,6-9,12H2. The van der Waals surface area contributed by atoms with Crippen LogP contribution in [0.15, 0.2) is 47.1 Å². The fraction of sp³-hybridized carbons (Fsp3) is 0.353. The van der Waals surface area contributed by atoms with Crippen LogP contribution in [-0.2, 0) is 16.9 Å². The van der Waals surface area contributed by atoms with Crippen molar-refractivity contribution in [2.45, 2.75) is 25.0 Å². The summed E-state index contributed by atoms with van der Waals surface area (Å²) in [5.74, 6) is 0.695. The van der Waals surface area contributed by atoms with Gasteiger partial charge in [-0.05, 0) is 21.5 Å². The lowest BCUT2D eigenvalue weighted by molar-refractivity contribution is -0.0707. The van der Waals surface area contributed by atoms with Crippen molar-refractivity contribution in [3.8, 4) is 5.75 Å². The van der Waals surface area contributed by atoms with Crippen molar-refractivity contribution in [2.24, 2.45) is 0 Å². The number of benzene rings is 1. The Labute approximate surface area is 138 Å². The molecule has 5 heteroatoms. The van der Waals surface area contributed by atoms with E-state index in [4.69, 9.17) is 9.47 Å². The van der Waals surface area contributed by atoms with Gasteiger partial charge in [-0.1, -0.05) is 30.3 Å². The zero-order valence-corrected chi connectivity index (χ0v) is 13.8. The number of hydrogen-bond acceptors (Lipinski definition) is 4. The van der Waals surface area contributed by atoms with Crippen LogP contribution in [0, 0.1) is 0 Å². The van der Waals surface area contributed by atoms with Crippen molar-refractivity contribution in [1.29, 1.82) is 0 Å². The fourth-order valence-corrected chi connectivity index (χ4v) is 2.92. The third-order valence-corrected chi connectivity index (χ3v) is 4.22. The molecular formula is C17H18BrNO3. The molecule has 1 saturated heterocycles. The minimum absolute atomic E-state index is 0.484. The van der Waals surface area contributed by atoms with Crippen molar-refractivity contribution < 1.29 is 14.6 Å². The molecule has 0 aliphatic carbocycles. The van der Waals surface area contributed by atoms with E-state index < -0.39 is 5.60 Å². The first-order valence-electron chi connectivity index (χ1n) is 7.31. The van der Waals surface area contributed by atoms with E-state index in [0.717, 1.165) is 5.56 Å². The smallest absolute Gasteiger partial charge is 0.124 e. The maximum absolute atomic E-state index is 10.8. The van der Waals surface area contributed by atoms with E-state index in [1.54, 1.807) is 0 Å². The molecule has 1 aromatic carbocycles. The average molecular weight is 364 g/mol. The molecule has 2 heterocycles. The zero-order valence-electron chi connectivity index (χ0n) is 12.2. The summed E-state index contributed by atoms with van der Waals surface area (Å²) in [4.78, 5) is 4.42. The number of ether oxygens (including phenoxy) is 2. The third kappa shape index (κ3) is 3.66. The van der Waals surface area contributed by atoms with Crippen LogP contribution in [-0.4, -0.2) is 23.3 Å². The molecule has 1 aliphatic heterocycles. The maximum Gasteiger partial charge on any atom is 0.124 e. The van der Waals surface area contributed by atoms with Crippen molar-refractivity contribution in [2.75, 3.05) is 13.2 Å². The van der Waals surface area contributed by atoms with E-state index in [9.17, 15) is 5.11 Å². The van der Waals surface area contributed by atoms with E-state index in [0.29, 0.717) is 48.7 Å². The molecule has 116 valence electrons. The minimum Gasteiger partial charge on any atom is -0.489 e. The predicted molar refractivity (Wildman–Crippen MR) is 86.7 cm³/mol. The molecule has 3 rings (SSSR count). The van der Waals surface area contributed by atoms with Crippen LogP contribution in [0.25, 0.3) is 0 Å². The van der Waals surface area contributed by atoms with Crippen molar-refractivity contribution in [1.82, 2.24) is 4.98 Å². The van der Waals surface area contributed by atoms with Crippen molar-refractivity contribution >= 4 is 15.9 Å². The highest BCUT2D eigenvalue weighted by atomic mass is 79.9. The first kappa shape index (κ1) is 15.5. The van der Waals surface area contributed by atoms with Gasteiger partial charge in [-0.25, -0.2) is 4.98 Å². The van der Waals surface area contributed by atoms with Gasteiger partial charge in [0.25, 0.3) is 0 Å². The lowest BCUT2D eigenvalue weighted by Gasteiger charge is -2.31. The van der Waals surface area contributed by atoms with Gasteiger partial charge in [-0.2, -0.15) is 0 Å². The minimum atomic E-state index is -0.938. The monoisotopic (exact) mass is 363 g/mol. The van der Waals surface area contributed by atoms with Crippen LogP contribution in [0.4, 0.5) is 0 Å². The quantitative estimate of drug-likeness (QED) is 0.845. The van der Waals surface area contributed by atoms with Gasteiger partial charge in [0, 0.05) is 38.2 Å². The second kappa shape index (κ2) is 6.77. The number of nitrogens with zero attached hydrogens (tertiary/aromatic N) is 1. The molecule has 0 bridgehead atoms. The largest absolute Gasteiger partial charge is 0.489 e. The van der Waals surface area contributed by atoms with E-state index in [1.807, 2.05) is 42.5 Å². The molecule has 1 aliphatic rings. The van der Waals surface area contributed by atoms with Crippen LogP contribution >= 0.6 is 15.9 Å². The number of halogens is 1. The Hall–Kier alpha value is -1.43. The van der Waals surface area contributed by atoms with Gasteiger partial charge in [0.2, 0.25) is 0 Å². The lowest BCUT2D eigenvalue weighted by Crippen LogP contribution is -2.34. The Morgan fingerprint density at radius 2 is 1.91 bits per heavy atom. The Bertz CT molecular complexity index is 627. The van der Waals surface area contributed by atoms with Gasteiger partial charge in [0.05, 0.1) is 5.69 Å². The highest BCUT2D eigenvalue weighted by molar-refractivity contribution is 9.10. The predicted octanol–water partition coefficient (Wildman–Crippen LogP) is 3.42. The summed E-state index contributed by atoms with van der Waals surface area (Å²) >= 11 is 3.40. The number of aromatic nitrogens is 1. The third-order valence-electron chi connectivity index (χ3n) is 3.81. The van der Waals surface area contributed by atoms with Crippen LogP contribution in [0.5, 0.6) is 5.75 Å². The van der Waals surface area contributed by atoms with E-state index in [-0.39, 0.29) is 0 Å². The number of hydrogen-bond donors (Lipinski definition) is 1. The molecular weight excluding hydrogens is 346 g/mol. The zero-order chi connectivity index (χ0) is 15.4. The Morgan fingerprint density at radius 1 is 1.18 bits per heavy atom. The van der Waals surface area contributed by atoms with Gasteiger partial charge in [-0.3, -0.25) is 0 Å². The topological polar surface area (TPSA) is 51.6 Å². The first-order valence-corrected chi connectivity index (χ1v) is 8.10. The number of rotatable bonds is 4. The summed E-state index contributed by atoms with van der Waals surface area (Å²) in [7, 11) is 0. The molecule has 4 nitrogen and oxygen atoms in total. The molecule has 2 aromatic rings. The van der Waals surface area contributed by atoms with E-state index in [2.05, 4.69) is 20.9 Å². The normalized spacial score (nSPS) is 17.2. The summed E-state index contributed by atoms with van der Waals surface area (Å²) in [5, 5.41) is 10.8. The van der Waals surface area contributed by atoms with Crippen molar-refractivity contribution in [3.63, 3.8) is 0 Å². The molecule has 0 saturated carbocycles. The van der Waals surface area contributed by atoms with Gasteiger partial charge in [-0.15, -0.1) is 0 Å². The molecule has 1 aromatic heterocycles. The Kier molecular flexibility index (Phi) is 4.76. The molecule has 1 fully saturated rings. The summed E-state index contributed by atoms with van der Waals surface area (Å²) in [6.07, 6.45) is 1.10. The summed E-state index contributed by atoms with van der Waals surface area (Å²) < 4.78 is 11.8. The molecule has 0 atom stereocenters. The number of aliphatic hydroxyl groups is 1. The molecule has 0 spiro atoms.